The molecule has 1 aromatic rings. The number of aliphatic carboxylic acids is 1. The van der Waals surface area contributed by atoms with Gasteiger partial charge in [0.15, 0.2) is 0 Å². The van der Waals surface area contributed by atoms with Crippen molar-refractivity contribution in [2.24, 2.45) is 5.41 Å². The number of piperidine rings is 1. The van der Waals surface area contributed by atoms with Crippen LogP contribution in [0.5, 0.6) is 0 Å². The number of anilines is 1. The van der Waals surface area contributed by atoms with Gasteiger partial charge in [-0.05, 0) is 32.3 Å². The summed E-state index contributed by atoms with van der Waals surface area (Å²) in [6.45, 7) is 4.49. The number of rotatable bonds is 4. The second-order valence-electron chi connectivity index (χ2n) is 5.48. The van der Waals surface area contributed by atoms with Crippen LogP contribution in [0.25, 0.3) is 0 Å². The first kappa shape index (κ1) is 15.2. The lowest BCUT2D eigenvalue weighted by atomic mass is 9.76. The molecule has 2 heterocycles. The molecule has 0 spiro atoms. The molecule has 0 unspecified atom stereocenters. The van der Waals surface area contributed by atoms with E-state index in [-0.39, 0.29) is 5.69 Å². The van der Waals surface area contributed by atoms with Crippen molar-refractivity contribution in [3.05, 3.63) is 27.9 Å². The third-order valence-corrected chi connectivity index (χ3v) is 4.44. The molecule has 0 atom stereocenters. The number of aryl methyl sites for hydroxylation is 1. The van der Waals surface area contributed by atoms with E-state index in [4.69, 9.17) is 0 Å². The lowest BCUT2D eigenvalue weighted by Gasteiger charge is -2.38. The summed E-state index contributed by atoms with van der Waals surface area (Å²) < 4.78 is 0. The molecule has 2 rings (SSSR count). The molecule has 1 N–H and O–H groups in total. The Labute approximate surface area is 122 Å². The van der Waals surface area contributed by atoms with Gasteiger partial charge in [0.25, 0.3) is 0 Å². The Morgan fingerprint density at radius 2 is 2.14 bits per heavy atom. The number of pyridine rings is 1. The Balaban J connectivity index is 2.26. The average Bonchev–Trinajstić information content (AvgIpc) is 2.46. The summed E-state index contributed by atoms with van der Waals surface area (Å²) in [6.07, 6.45) is 3.08. The van der Waals surface area contributed by atoms with Crippen LogP contribution in [0.3, 0.4) is 0 Å². The molecule has 0 aliphatic carbocycles. The summed E-state index contributed by atoms with van der Waals surface area (Å²) in [5, 5.41) is 20.6. The van der Waals surface area contributed by atoms with Crippen LogP contribution < -0.4 is 4.90 Å². The molecule has 21 heavy (non-hydrogen) atoms. The molecule has 0 aromatic carbocycles. The van der Waals surface area contributed by atoms with Crippen molar-refractivity contribution in [3.63, 3.8) is 0 Å². The normalized spacial score (nSPS) is 17.5. The van der Waals surface area contributed by atoms with Gasteiger partial charge in [-0.15, -0.1) is 0 Å². The van der Waals surface area contributed by atoms with Crippen molar-refractivity contribution in [3.8, 4) is 0 Å². The summed E-state index contributed by atoms with van der Waals surface area (Å²) >= 11 is 0. The number of hydrogen-bond acceptors (Lipinski definition) is 5. The summed E-state index contributed by atoms with van der Waals surface area (Å²) in [4.78, 5) is 28.2. The quantitative estimate of drug-likeness (QED) is 0.676. The summed E-state index contributed by atoms with van der Waals surface area (Å²) in [6, 6.07) is 1.61. The van der Waals surface area contributed by atoms with E-state index < -0.39 is 16.3 Å². The fourth-order valence-corrected chi connectivity index (χ4v) is 2.86. The predicted octanol–water partition coefficient (Wildman–Crippen LogP) is 2.38. The SMILES string of the molecule is CCC1(C(=O)O)CCN(c2nccc(C)c2[N+](=O)[O-])CC1. The zero-order valence-electron chi connectivity index (χ0n) is 12.2. The fraction of sp³-hybridized carbons (Fsp3) is 0.571. The molecule has 0 bridgehead atoms. The van der Waals surface area contributed by atoms with Crippen molar-refractivity contribution < 1.29 is 14.8 Å². The highest BCUT2D eigenvalue weighted by atomic mass is 16.6. The van der Waals surface area contributed by atoms with Crippen molar-refractivity contribution in [1.82, 2.24) is 4.98 Å². The molecule has 0 saturated carbocycles. The molecule has 114 valence electrons. The van der Waals surface area contributed by atoms with E-state index in [1.54, 1.807) is 19.2 Å². The van der Waals surface area contributed by atoms with E-state index in [0.717, 1.165) is 0 Å². The number of nitrogens with zero attached hydrogens (tertiary/aromatic N) is 3. The van der Waals surface area contributed by atoms with Crippen LogP contribution in [-0.2, 0) is 4.79 Å². The van der Waals surface area contributed by atoms with Crippen LogP contribution >= 0.6 is 0 Å². The molecule has 1 saturated heterocycles. The van der Waals surface area contributed by atoms with Gasteiger partial charge in [0, 0.05) is 24.8 Å². The third-order valence-electron chi connectivity index (χ3n) is 4.44. The maximum absolute atomic E-state index is 11.4. The van der Waals surface area contributed by atoms with E-state index in [0.29, 0.717) is 43.7 Å². The minimum Gasteiger partial charge on any atom is -0.481 e. The topological polar surface area (TPSA) is 96.6 Å². The van der Waals surface area contributed by atoms with Gasteiger partial charge in [0.1, 0.15) is 0 Å². The maximum atomic E-state index is 11.4. The molecule has 0 amide bonds. The number of carbonyl (C=O) groups is 1. The fourth-order valence-electron chi connectivity index (χ4n) is 2.86. The van der Waals surface area contributed by atoms with Crippen molar-refractivity contribution in [2.45, 2.75) is 33.1 Å². The molecule has 1 aliphatic rings. The van der Waals surface area contributed by atoms with Crippen LogP contribution in [0, 0.1) is 22.5 Å². The van der Waals surface area contributed by atoms with Gasteiger partial charge in [-0.1, -0.05) is 6.92 Å². The average molecular weight is 293 g/mol. The molecule has 1 fully saturated rings. The number of carboxylic acid groups (broad SMARTS) is 1. The molecular formula is C14H19N3O4. The Morgan fingerprint density at radius 3 is 2.62 bits per heavy atom. The van der Waals surface area contributed by atoms with Gasteiger partial charge in [0.2, 0.25) is 5.82 Å². The van der Waals surface area contributed by atoms with Crippen LogP contribution in [0.2, 0.25) is 0 Å². The first-order chi connectivity index (χ1) is 9.91. The maximum Gasteiger partial charge on any atom is 0.314 e. The molecule has 1 aliphatic heterocycles. The Morgan fingerprint density at radius 1 is 1.52 bits per heavy atom. The van der Waals surface area contributed by atoms with Gasteiger partial charge in [-0.3, -0.25) is 14.9 Å². The van der Waals surface area contributed by atoms with Crippen molar-refractivity contribution in [1.29, 1.82) is 0 Å². The summed E-state index contributed by atoms with van der Waals surface area (Å²) in [7, 11) is 0. The second kappa shape index (κ2) is 5.67. The Kier molecular flexibility index (Phi) is 4.11. The highest BCUT2D eigenvalue weighted by Crippen LogP contribution is 2.38. The van der Waals surface area contributed by atoms with E-state index in [9.17, 15) is 20.0 Å². The van der Waals surface area contributed by atoms with E-state index in [1.165, 1.54) is 0 Å². The monoisotopic (exact) mass is 293 g/mol. The lowest BCUT2D eigenvalue weighted by Crippen LogP contribution is -2.44. The molecule has 1 aromatic heterocycles. The minimum absolute atomic E-state index is 0.0109. The van der Waals surface area contributed by atoms with E-state index in [2.05, 4.69) is 4.98 Å². The number of aromatic nitrogens is 1. The number of carboxylic acids is 1. The number of hydrogen-bond donors (Lipinski definition) is 1. The van der Waals surface area contributed by atoms with Crippen molar-refractivity contribution in [2.75, 3.05) is 18.0 Å². The van der Waals surface area contributed by atoms with Crippen LogP contribution in [-0.4, -0.2) is 34.1 Å². The van der Waals surface area contributed by atoms with Gasteiger partial charge in [-0.25, -0.2) is 4.98 Å². The predicted molar refractivity (Wildman–Crippen MR) is 77.4 cm³/mol. The van der Waals surface area contributed by atoms with Crippen LogP contribution in [0.1, 0.15) is 31.7 Å². The standard InChI is InChI=1S/C14H19N3O4/c1-3-14(13(18)19)5-8-16(9-6-14)12-11(17(20)21)10(2)4-7-15-12/h4,7H,3,5-6,8-9H2,1-2H3,(H,18,19). The summed E-state index contributed by atoms with van der Waals surface area (Å²) in [5.74, 6) is -0.438. The molecule has 7 nitrogen and oxygen atoms in total. The molecular weight excluding hydrogens is 274 g/mol. The van der Waals surface area contributed by atoms with Gasteiger partial charge >= 0.3 is 11.7 Å². The largest absolute Gasteiger partial charge is 0.481 e. The van der Waals surface area contributed by atoms with Gasteiger partial charge in [0.05, 0.1) is 10.3 Å². The molecule has 0 radical (unpaired) electrons. The number of nitro groups is 1. The highest BCUT2D eigenvalue weighted by Gasteiger charge is 2.41. The second-order valence-corrected chi connectivity index (χ2v) is 5.48. The zero-order chi connectivity index (χ0) is 15.6. The first-order valence-corrected chi connectivity index (χ1v) is 6.99. The van der Waals surface area contributed by atoms with Gasteiger partial charge < -0.3 is 10.0 Å². The zero-order valence-corrected chi connectivity index (χ0v) is 12.2. The Hall–Kier alpha value is -2.18. The smallest absolute Gasteiger partial charge is 0.314 e. The van der Waals surface area contributed by atoms with Crippen LogP contribution in [0.15, 0.2) is 12.3 Å². The van der Waals surface area contributed by atoms with Crippen LogP contribution in [0.4, 0.5) is 11.5 Å². The van der Waals surface area contributed by atoms with Gasteiger partial charge in [-0.2, -0.15) is 0 Å². The highest BCUT2D eigenvalue weighted by molar-refractivity contribution is 5.75. The van der Waals surface area contributed by atoms with Crippen molar-refractivity contribution >= 4 is 17.5 Å². The van der Waals surface area contributed by atoms with E-state index >= 15 is 0 Å². The Bertz CT molecular complexity index is 565. The third kappa shape index (κ3) is 2.68. The summed E-state index contributed by atoms with van der Waals surface area (Å²) in [5.41, 5.74) is -0.137. The lowest BCUT2D eigenvalue weighted by molar-refractivity contribution is -0.384. The van der Waals surface area contributed by atoms with E-state index in [1.807, 2.05) is 11.8 Å². The first-order valence-electron chi connectivity index (χ1n) is 6.99. The minimum atomic E-state index is -0.781. The molecule has 7 heteroatoms.